The van der Waals surface area contributed by atoms with Gasteiger partial charge in [0, 0.05) is 18.4 Å². The van der Waals surface area contributed by atoms with Gasteiger partial charge in [-0.05, 0) is 24.8 Å². The molecule has 1 aliphatic heterocycles. The zero-order chi connectivity index (χ0) is 19.4. The molecule has 0 aliphatic carbocycles. The number of quaternary nitrogens is 1. The van der Waals surface area contributed by atoms with Gasteiger partial charge in [-0.2, -0.15) is 0 Å². The van der Waals surface area contributed by atoms with E-state index in [1.807, 2.05) is 37.4 Å². The molecule has 1 aromatic carbocycles. The lowest BCUT2D eigenvalue weighted by molar-refractivity contribution is -0.942. The number of hydrogen-bond donors (Lipinski definition) is 1. The lowest BCUT2D eigenvalue weighted by Crippen LogP contribution is -2.56. The Morgan fingerprint density at radius 1 is 1.22 bits per heavy atom. The highest BCUT2D eigenvalue weighted by atomic mass is 32.1. The van der Waals surface area contributed by atoms with Gasteiger partial charge in [-0.3, -0.25) is 4.79 Å². The molecule has 0 radical (unpaired) electrons. The predicted molar refractivity (Wildman–Crippen MR) is 108 cm³/mol. The van der Waals surface area contributed by atoms with Crippen LogP contribution in [0.25, 0.3) is 0 Å². The topological polar surface area (TPSA) is 55.4 Å². The number of hydrogen-bond acceptors (Lipinski definition) is 4. The number of aryl methyl sites for hydroxylation is 1. The van der Waals surface area contributed by atoms with Gasteiger partial charge in [0.05, 0.1) is 25.9 Å². The lowest BCUT2D eigenvalue weighted by Gasteiger charge is -2.39. The normalized spacial score (nSPS) is 16.7. The quantitative estimate of drug-likeness (QED) is 0.602. The molecule has 2 aromatic rings. The summed E-state index contributed by atoms with van der Waals surface area (Å²) in [6.45, 7) is 6.74. The number of anilines is 1. The second kappa shape index (κ2) is 8.23. The molecule has 1 unspecified atom stereocenters. The minimum Gasteiger partial charge on any atom is -0.465 e. The molecule has 1 aromatic heterocycles. The van der Waals surface area contributed by atoms with Crippen LogP contribution in [0.15, 0.2) is 35.7 Å². The summed E-state index contributed by atoms with van der Waals surface area (Å²) in [4.78, 5) is 25.6. The van der Waals surface area contributed by atoms with Crippen LogP contribution in [-0.2, 0) is 16.1 Å². The van der Waals surface area contributed by atoms with E-state index in [2.05, 4.69) is 17.4 Å². The minimum atomic E-state index is -0.412. The second-order valence-electron chi connectivity index (χ2n) is 7.30. The molecule has 5 nitrogen and oxygen atoms in total. The van der Waals surface area contributed by atoms with E-state index >= 15 is 0 Å². The Morgan fingerprint density at radius 3 is 2.52 bits per heavy atom. The summed E-state index contributed by atoms with van der Waals surface area (Å²) in [6.07, 6.45) is 2.27. The third-order valence-corrected chi connectivity index (χ3v) is 6.67. The third kappa shape index (κ3) is 4.06. The smallest absolute Gasteiger partial charge is 0.350 e. The number of nitrogens with one attached hydrogen (secondary N) is 1. The average Bonchev–Trinajstić information content (AvgIpc) is 3.29. The molecule has 0 spiro atoms. The first-order valence-corrected chi connectivity index (χ1v) is 10.2. The molecule has 1 N–H and O–H groups in total. The summed E-state index contributed by atoms with van der Waals surface area (Å²) < 4.78 is 5.60. The summed E-state index contributed by atoms with van der Waals surface area (Å²) in [5.74, 6) is -0.454. The number of thiophene rings is 1. The van der Waals surface area contributed by atoms with Crippen LogP contribution in [0.5, 0.6) is 0 Å². The lowest BCUT2D eigenvalue weighted by atomic mass is 10.1. The Balaban J connectivity index is 1.81. The van der Waals surface area contributed by atoms with Crippen molar-refractivity contribution in [3.63, 3.8) is 0 Å². The number of nitrogens with zero attached hydrogens (tertiary/aromatic N) is 1. The summed E-state index contributed by atoms with van der Waals surface area (Å²) in [6, 6.07) is 10.2. The minimum absolute atomic E-state index is 0.0421. The van der Waals surface area contributed by atoms with Crippen molar-refractivity contribution in [3.05, 3.63) is 51.7 Å². The van der Waals surface area contributed by atoms with Gasteiger partial charge in [-0.25, -0.2) is 4.79 Å². The highest BCUT2D eigenvalue weighted by Gasteiger charge is 2.41. The average molecular weight is 388 g/mol. The number of carbonyl (C=O) groups excluding carboxylic acids is 2. The molecule has 0 saturated carbocycles. The van der Waals surface area contributed by atoms with Crippen molar-refractivity contribution < 1.29 is 18.8 Å². The van der Waals surface area contributed by atoms with E-state index in [0.717, 1.165) is 42.5 Å². The van der Waals surface area contributed by atoms with Gasteiger partial charge < -0.3 is 14.5 Å². The molecule has 1 amide bonds. The van der Waals surface area contributed by atoms with E-state index in [4.69, 9.17) is 4.74 Å². The third-order valence-electron chi connectivity index (χ3n) is 5.59. The maximum atomic E-state index is 13.1. The molecule has 1 atom stereocenters. The number of methoxy groups -OCH3 is 1. The van der Waals surface area contributed by atoms with Crippen LogP contribution < -0.4 is 5.32 Å². The van der Waals surface area contributed by atoms with Crippen molar-refractivity contribution in [2.45, 2.75) is 39.3 Å². The summed E-state index contributed by atoms with van der Waals surface area (Å²) >= 11 is 1.30. The molecule has 1 aliphatic rings. The number of carbonyl (C=O) groups is 2. The maximum Gasteiger partial charge on any atom is 0.350 e. The fourth-order valence-corrected chi connectivity index (χ4v) is 4.84. The Hall–Kier alpha value is -2.18. The van der Waals surface area contributed by atoms with Crippen molar-refractivity contribution in [2.24, 2.45) is 0 Å². The molecular formula is C21H27N2O3S+. The van der Waals surface area contributed by atoms with Crippen molar-refractivity contribution >= 4 is 28.9 Å². The molecule has 3 rings (SSSR count). The van der Waals surface area contributed by atoms with Gasteiger partial charge in [0.2, 0.25) is 0 Å². The van der Waals surface area contributed by atoms with E-state index in [1.165, 1.54) is 24.0 Å². The number of benzene rings is 1. The molecular weight excluding hydrogens is 360 g/mol. The summed E-state index contributed by atoms with van der Waals surface area (Å²) in [5.41, 5.74) is 2.72. The molecule has 0 bridgehead atoms. The van der Waals surface area contributed by atoms with Gasteiger partial charge in [0.25, 0.3) is 5.91 Å². The first kappa shape index (κ1) is 19.6. The van der Waals surface area contributed by atoms with Gasteiger partial charge in [-0.1, -0.05) is 30.3 Å². The second-order valence-corrected chi connectivity index (χ2v) is 8.18. The van der Waals surface area contributed by atoms with E-state index in [0.29, 0.717) is 10.6 Å². The van der Waals surface area contributed by atoms with Crippen molar-refractivity contribution in [3.8, 4) is 0 Å². The fourth-order valence-electron chi connectivity index (χ4n) is 3.91. The van der Waals surface area contributed by atoms with E-state index in [9.17, 15) is 9.59 Å². The van der Waals surface area contributed by atoms with Crippen molar-refractivity contribution in [1.82, 2.24) is 0 Å². The Bertz CT molecular complexity index is 810. The van der Waals surface area contributed by atoms with Crippen LogP contribution >= 0.6 is 11.3 Å². The van der Waals surface area contributed by atoms with Gasteiger partial charge >= 0.3 is 5.97 Å². The Kier molecular flexibility index (Phi) is 5.97. The Labute approximate surface area is 164 Å². The van der Waals surface area contributed by atoms with Crippen molar-refractivity contribution in [1.29, 1.82) is 0 Å². The number of rotatable bonds is 6. The van der Waals surface area contributed by atoms with Crippen LogP contribution in [-0.4, -0.2) is 42.6 Å². The molecule has 1 saturated heterocycles. The van der Waals surface area contributed by atoms with Gasteiger partial charge in [0.15, 0.2) is 6.04 Å². The highest BCUT2D eigenvalue weighted by molar-refractivity contribution is 7.12. The molecule has 27 heavy (non-hydrogen) atoms. The number of ether oxygens (including phenoxy) is 1. The zero-order valence-electron chi connectivity index (χ0n) is 16.2. The standard InChI is InChI=1S/C21H26N2O3S/c1-15-14-27-19(21(25)26-3)18(15)22-20(24)16(2)23(11-7-8-12-23)13-17-9-5-4-6-10-17/h4-6,9-10,14,16H,7-8,11-13H2,1-3H3/p+1. The zero-order valence-corrected chi connectivity index (χ0v) is 17.0. The van der Waals surface area contributed by atoms with Crippen LogP contribution in [0.3, 0.4) is 0 Å². The van der Waals surface area contributed by atoms with Gasteiger partial charge in [-0.15, -0.1) is 11.3 Å². The first-order valence-electron chi connectivity index (χ1n) is 9.34. The first-order chi connectivity index (χ1) is 13.0. The molecule has 144 valence electrons. The summed E-state index contributed by atoms with van der Waals surface area (Å²) in [7, 11) is 1.36. The number of likely N-dealkylation sites (tertiary alicyclic amines) is 1. The van der Waals surface area contributed by atoms with Crippen LogP contribution in [0.1, 0.15) is 40.6 Å². The van der Waals surface area contributed by atoms with Crippen LogP contribution in [0, 0.1) is 6.92 Å². The monoisotopic (exact) mass is 387 g/mol. The molecule has 6 heteroatoms. The molecule has 2 heterocycles. The van der Waals surface area contributed by atoms with Crippen LogP contribution in [0.4, 0.5) is 5.69 Å². The number of amides is 1. The summed E-state index contributed by atoms with van der Waals surface area (Å²) in [5, 5.41) is 4.89. The molecule has 1 fully saturated rings. The largest absolute Gasteiger partial charge is 0.465 e. The van der Waals surface area contributed by atoms with Gasteiger partial charge in [0.1, 0.15) is 11.4 Å². The van der Waals surface area contributed by atoms with E-state index in [1.54, 1.807) is 0 Å². The Morgan fingerprint density at radius 2 is 1.89 bits per heavy atom. The van der Waals surface area contributed by atoms with Crippen LogP contribution in [0.2, 0.25) is 0 Å². The maximum absolute atomic E-state index is 13.1. The SMILES string of the molecule is COC(=O)c1scc(C)c1NC(=O)C(C)[N+]1(Cc2ccccc2)CCCC1. The highest BCUT2D eigenvalue weighted by Crippen LogP contribution is 2.31. The van der Waals surface area contributed by atoms with Crippen molar-refractivity contribution in [2.75, 3.05) is 25.5 Å². The number of esters is 1. The van der Waals surface area contributed by atoms with E-state index in [-0.39, 0.29) is 11.9 Å². The van der Waals surface area contributed by atoms with E-state index < -0.39 is 5.97 Å². The predicted octanol–water partition coefficient (Wildman–Crippen LogP) is 3.98. The fraction of sp³-hybridized carbons (Fsp3) is 0.429.